The second-order valence-electron chi connectivity index (χ2n) is 5.57. The summed E-state index contributed by atoms with van der Waals surface area (Å²) in [4.78, 5) is 4.67. The number of likely N-dealkylation sites (tertiary alicyclic amines) is 1. The summed E-state index contributed by atoms with van der Waals surface area (Å²) in [6.07, 6.45) is 1.99. The van der Waals surface area contributed by atoms with Crippen molar-refractivity contribution in [3.8, 4) is 0 Å². The lowest BCUT2D eigenvalue weighted by Crippen LogP contribution is -2.43. The summed E-state index contributed by atoms with van der Waals surface area (Å²) in [6.45, 7) is 2.89. The second-order valence-corrected chi connectivity index (χ2v) is 6.48. The minimum absolute atomic E-state index is 0.395. The molecule has 19 heavy (non-hydrogen) atoms. The van der Waals surface area contributed by atoms with Crippen LogP contribution in [0, 0.1) is 0 Å². The van der Waals surface area contributed by atoms with Crippen LogP contribution in [-0.2, 0) is 0 Å². The fourth-order valence-electron chi connectivity index (χ4n) is 2.68. The van der Waals surface area contributed by atoms with Crippen LogP contribution in [0.1, 0.15) is 24.5 Å². The Bertz CT molecular complexity index is 403. The molecule has 1 heterocycles. The van der Waals surface area contributed by atoms with Gasteiger partial charge in [0, 0.05) is 17.1 Å². The minimum Gasteiger partial charge on any atom is -0.387 e. The number of hydrogen-bond donors (Lipinski definition) is 1. The van der Waals surface area contributed by atoms with Crippen LogP contribution in [0.3, 0.4) is 0 Å². The predicted molar refractivity (Wildman–Crippen MR) is 82.3 cm³/mol. The molecule has 1 atom stereocenters. The van der Waals surface area contributed by atoms with Gasteiger partial charge in [0.25, 0.3) is 0 Å². The van der Waals surface area contributed by atoms with Gasteiger partial charge in [-0.25, -0.2) is 0 Å². The molecule has 0 bridgehead atoms. The standard InChI is InChI=1S/C15H23BrN2O/c1-17(2)14-6-8-18(9-7-14)11-15(19)12-4-3-5-13(16)10-12/h3-5,10,14-15,19H,6-9,11H2,1-2H3. The number of rotatable bonds is 4. The van der Waals surface area contributed by atoms with Gasteiger partial charge in [-0.05, 0) is 57.7 Å². The van der Waals surface area contributed by atoms with Crippen molar-refractivity contribution in [2.45, 2.75) is 25.0 Å². The SMILES string of the molecule is CN(C)C1CCN(CC(O)c2cccc(Br)c2)CC1. The average Bonchev–Trinajstić information content (AvgIpc) is 2.39. The molecule has 2 rings (SSSR count). The van der Waals surface area contributed by atoms with E-state index in [1.54, 1.807) is 0 Å². The van der Waals surface area contributed by atoms with Gasteiger partial charge in [0.15, 0.2) is 0 Å². The fourth-order valence-corrected chi connectivity index (χ4v) is 3.10. The van der Waals surface area contributed by atoms with Crippen molar-refractivity contribution in [1.82, 2.24) is 9.80 Å². The van der Waals surface area contributed by atoms with Crippen molar-refractivity contribution in [2.75, 3.05) is 33.7 Å². The van der Waals surface area contributed by atoms with Crippen molar-refractivity contribution in [2.24, 2.45) is 0 Å². The van der Waals surface area contributed by atoms with Gasteiger partial charge in [-0.15, -0.1) is 0 Å². The van der Waals surface area contributed by atoms with E-state index in [-0.39, 0.29) is 0 Å². The first-order valence-electron chi connectivity index (χ1n) is 6.88. The van der Waals surface area contributed by atoms with Gasteiger partial charge >= 0.3 is 0 Å². The molecule has 0 spiro atoms. The Kier molecular flexibility index (Phi) is 5.39. The van der Waals surface area contributed by atoms with E-state index in [0.29, 0.717) is 6.04 Å². The topological polar surface area (TPSA) is 26.7 Å². The molecule has 0 aliphatic carbocycles. The lowest BCUT2D eigenvalue weighted by Gasteiger charge is -2.36. The van der Waals surface area contributed by atoms with Gasteiger partial charge in [-0.1, -0.05) is 28.1 Å². The second kappa shape index (κ2) is 6.84. The van der Waals surface area contributed by atoms with Gasteiger partial charge < -0.3 is 14.9 Å². The number of hydrogen-bond acceptors (Lipinski definition) is 3. The van der Waals surface area contributed by atoms with Crippen molar-refractivity contribution in [1.29, 1.82) is 0 Å². The molecular formula is C15H23BrN2O. The quantitative estimate of drug-likeness (QED) is 0.921. The van der Waals surface area contributed by atoms with E-state index in [0.717, 1.165) is 29.7 Å². The molecule has 1 N–H and O–H groups in total. The zero-order valence-electron chi connectivity index (χ0n) is 11.7. The summed E-state index contributed by atoms with van der Waals surface area (Å²) in [6, 6.07) is 8.64. The minimum atomic E-state index is -0.395. The Morgan fingerprint density at radius 2 is 2.05 bits per heavy atom. The van der Waals surface area contributed by atoms with E-state index in [1.807, 2.05) is 24.3 Å². The molecular weight excluding hydrogens is 304 g/mol. The predicted octanol–water partition coefficient (Wildman–Crippen LogP) is 2.51. The zero-order chi connectivity index (χ0) is 13.8. The van der Waals surface area contributed by atoms with E-state index >= 15 is 0 Å². The summed E-state index contributed by atoms with van der Waals surface area (Å²) < 4.78 is 1.02. The number of halogens is 1. The van der Waals surface area contributed by atoms with Crippen LogP contribution < -0.4 is 0 Å². The first-order chi connectivity index (χ1) is 9.06. The van der Waals surface area contributed by atoms with Crippen LogP contribution in [0.25, 0.3) is 0 Å². The van der Waals surface area contributed by atoms with E-state index in [9.17, 15) is 5.11 Å². The molecule has 3 nitrogen and oxygen atoms in total. The third-order valence-electron chi connectivity index (χ3n) is 3.95. The molecule has 1 aliphatic heterocycles. The number of piperidine rings is 1. The monoisotopic (exact) mass is 326 g/mol. The molecule has 1 aliphatic rings. The largest absolute Gasteiger partial charge is 0.387 e. The zero-order valence-corrected chi connectivity index (χ0v) is 13.3. The van der Waals surface area contributed by atoms with Crippen molar-refractivity contribution in [3.63, 3.8) is 0 Å². The maximum atomic E-state index is 10.3. The summed E-state index contributed by atoms with van der Waals surface area (Å²) in [5.74, 6) is 0. The maximum absolute atomic E-state index is 10.3. The number of aliphatic hydroxyl groups excluding tert-OH is 1. The normalized spacial score (nSPS) is 19.8. The van der Waals surface area contributed by atoms with Crippen LogP contribution in [0.2, 0.25) is 0 Å². The summed E-state index contributed by atoms with van der Waals surface area (Å²) in [5.41, 5.74) is 0.990. The van der Waals surface area contributed by atoms with E-state index in [2.05, 4.69) is 39.8 Å². The average molecular weight is 327 g/mol. The van der Waals surface area contributed by atoms with E-state index in [1.165, 1.54) is 12.8 Å². The van der Waals surface area contributed by atoms with Crippen molar-refractivity contribution in [3.05, 3.63) is 34.3 Å². The summed E-state index contributed by atoms with van der Waals surface area (Å²) >= 11 is 3.45. The van der Waals surface area contributed by atoms with E-state index < -0.39 is 6.10 Å². The lowest BCUT2D eigenvalue weighted by atomic mass is 10.0. The Hall–Kier alpha value is -0.420. The molecule has 1 aromatic rings. The number of aliphatic hydroxyl groups is 1. The molecule has 106 valence electrons. The Morgan fingerprint density at radius 1 is 1.37 bits per heavy atom. The molecule has 0 amide bonds. The highest BCUT2D eigenvalue weighted by Gasteiger charge is 2.22. The molecule has 0 aromatic heterocycles. The van der Waals surface area contributed by atoms with Gasteiger partial charge in [0.1, 0.15) is 0 Å². The van der Waals surface area contributed by atoms with Crippen LogP contribution in [0.4, 0.5) is 0 Å². The summed E-state index contributed by atoms with van der Waals surface area (Å²) in [7, 11) is 4.30. The number of β-amino-alcohol motifs (C(OH)–C–C–N with tert-alkyl or cyclic N) is 1. The molecule has 0 saturated carbocycles. The Balaban J connectivity index is 1.85. The molecule has 0 radical (unpaired) electrons. The Morgan fingerprint density at radius 3 is 2.63 bits per heavy atom. The smallest absolute Gasteiger partial charge is 0.0917 e. The Labute approximate surface area is 124 Å². The third kappa shape index (κ3) is 4.28. The lowest BCUT2D eigenvalue weighted by molar-refractivity contribution is 0.0798. The molecule has 1 fully saturated rings. The maximum Gasteiger partial charge on any atom is 0.0917 e. The molecule has 1 unspecified atom stereocenters. The highest BCUT2D eigenvalue weighted by Crippen LogP contribution is 2.21. The number of nitrogens with zero attached hydrogens (tertiary/aromatic N) is 2. The fraction of sp³-hybridized carbons (Fsp3) is 0.600. The van der Waals surface area contributed by atoms with Gasteiger partial charge in [-0.2, -0.15) is 0 Å². The van der Waals surface area contributed by atoms with Crippen LogP contribution in [0.15, 0.2) is 28.7 Å². The molecule has 1 aromatic carbocycles. The first-order valence-corrected chi connectivity index (χ1v) is 7.68. The third-order valence-corrected chi connectivity index (χ3v) is 4.45. The summed E-state index contributed by atoms with van der Waals surface area (Å²) in [5, 5.41) is 10.3. The number of benzene rings is 1. The highest BCUT2D eigenvalue weighted by molar-refractivity contribution is 9.10. The van der Waals surface area contributed by atoms with Crippen LogP contribution in [0.5, 0.6) is 0 Å². The van der Waals surface area contributed by atoms with Crippen molar-refractivity contribution < 1.29 is 5.11 Å². The van der Waals surface area contributed by atoms with Crippen LogP contribution in [-0.4, -0.2) is 54.7 Å². The first kappa shape index (κ1) is 15.0. The molecule has 4 heteroatoms. The highest BCUT2D eigenvalue weighted by atomic mass is 79.9. The van der Waals surface area contributed by atoms with Crippen molar-refractivity contribution >= 4 is 15.9 Å². The van der Waals surface area contributed by atoms with E-state index in [4.69, 9.17) is 0 Å². The van der Waals surface area contributed by atoms with Gasteiger partial charge in [-0.3, -0.25) is 0 Å². The molecule has 1 saturated heterocycles. The van der Waals surface area contributed by atoms with Gasteiger partial charge in [0.05, 0.1) is 6.10 Å². The van der Waals surface area contributed by atoms with Gasteiger partial charge in [0.2, 0.25) is 0 Å². The van der Waals surface area contributed by atoms with Crippen LogP contribution >= 0.6 is 15.9 Å².